The smallest absolute Gasteiger partial charge is 0.262 e. The molecule has 8 nitrogen and oxygen atoms in total. The number of rotatable bonds is 5. The van der Waals surface area contributed by atoms with Crippen LogP contribution in [-0.4, -0.2) is 30.9 Å². The fraction of sp³-hybridized carbons (Fsp3) is 0.278. The van der Waals surface area contributed by atoms with Gasteiger partial charge in [-0.1, -0.05) is 0 Å². The molecule has 2 heterocycles. The maximum absolute atomic E-state index is 12.2. The van der Waals surface area contributed by atoms with Crippen molar-refractivity contribution in [1.82, 2.24) is 9.97 Å². The van der Waals surface area contributed by atoms with Crippen LogP contribution in [0.4, 0.5) is 5.69 Å². The van der Waals surface area contributed by atoms with Crippen LogP contribution in [0.3, 0.4) is 0 Å². The van der Waals surface area contributed by atoms with Crippen LogP contribution in [0.2, 0.25) is 0 Å². The van der Waals surface area contributed by atoms with Crippen molar-refractivity contribution in [2.75, 3.05) is 11.9 Å². The molecule has 0 bridgehead atoms. The number of nitrogens with two attached hydrogens (primary N) is 1. The Balaban J connectivity index is 1.46. The van der Waals surface area contributed by atoms with Gasteiger partial charge >= 0.3 is 0 Å². The van der Waals surface area contributed by atoms with Crippen molar-refractivity contribution in [3.05, 3.63) is 41.0 Å². The fourth-order valence-corrected chi connectivity index (χ4v) is 4.96. The molecule has 0 fully saturated rings. The molecule has 0 spiro atoms. The Morgan fingerprint density at radius 2 is 1.93 bits per heavy atom. The molecule has 2 aromatic heterocycles. The summed E-state index contributed by atoms with van der Waals surface area (Å²) in [4.78, 5) is 23.0. The number of hydrogen-bond donors (Lipinski definition) is 2. The van der Waals surface area contributed by atoms with Crippen molar-refractivity contribution in [3.63, 3.8) is 0 Å². The molecule has 3 aromatic rings. The van der Waals surface area contributed by atoms with Gasteiger partial charge in [-0.3, -0.25) is 4.79 Å². The Kier molecular flexibility index (Phi) is 5.00. The van der Waals surface area contributed by atoms with Gasteiger partial charge in [-0.05, 0) is 55.5 Å². The molecule has 0 saturated heterocycles. The van der Waals surface area contributed by atoms with E-state index in [1.807, 2.05) is 0 Å². The van der Waals surface area contributed by atoms with Gasteiger partial charge in [0.25, 0.3) is 5.91 Å². The number of nitrogens with one attached hydrogen (secondary N) is 1. The summed E-state index contributed by atoms with van der Waals surface area (Å²) >= 11 is 1.66. The first-order valence-corrected chi connectivity index (χ1v) is 11.1. The van der Waals surface area contributed by atoms with Crippen molar-refractivity contribution in [2.45, 2.75) is 30.6 Å². The lowest BCUT2D eigenvalue weighted by Gasteiger charge is -2.12. The van der Waals surface area contributed by atoms with Crippen molar-refractivity contribution in [2.24, 2.45) is 5.14 Å². The standard InChI is InChI=1S/C18H18N4O4S2/c19-28(24,25)12-7-5-11(6-8-12)22-15(23)9-26-17-16-13-3-1-2-4-14(13)27-18(16)21-10-20-17/h5-8,10H,1-4,9H2,(H,22,23)(H2,19,24,25). The molecular weight excluding hydrogens is 400 g/mol. The minimum Gasteiger partial charge on any atom is -0.467 e. The normalized spacial score (nSPS) is 13.9. The van der Waals surface area contributed by atoms with Gasteiger partial charge in [-0.15, -0.1) is 11.3 Å². The van der Waals surface area contributed by atoms with Gasteiger partial charge in [-0.2, -0.15) is 0 Å². The number of carbonyl (C=O) groups is 1. The average Bonchev–Trinajstić information content (AvgIpc) is 3.05. The van der Waals surface area contributed by atoms with Crippen LogP contribution >= 0.6 is 11.3 Å². The topological polar surface area (TPSA) is 124 Å². The Bertz CT molecular complexity index is 1140. The van der Waals surface area contributed by atoms with Gasteiger partial charge in [-0.25, -0.2) is 23.5 Å². The monoisotopic (exact) mass is 418 g/mol. The van der Waals surface area contributed by atoms with Crippen LogP contribution in [0.15, 0.2) is 35.5 Å². The van der Waals surface area contributed by atoms with E-state index >= 15 is 0 Å². The van der Waals surface area contributed by atoms with Gasteiger partial charge in [0, 0.05) is 10.6 Å². The number of aryl methyl sites for hydroxylation is 2. The van der Waals surface area contributed by atoms with Crippen LogP contribution in [0.25, 0.3) is 10.2 Å². The third-order valence-corrected chi connectivity index (χ3v) is 6.65. The second kappa shape index (κ2) is 7.46. The van der Waals surface area contributed by atoms with Crippen molar-refractivity contribution >= 4 is 43.2 Å². The van der Waals surface area contributed by atoms with E-state index in [4.69, 9.17) is 9.88 Å². The molecule has 146 valence electrons. The van der Waals surface area contributed by atoms with Crippen molar-refractivity contribution < 1.29 is 17.9 Å². The van der Waals surface area contributed by atoms with Crippen LogP contribution in [0.5, 0.6) is 5.88 Å². The van der Waals surface area contributed by atoms with Gasteiger partial charge in [0.15, 0.2) is 6.61 Å². The number of nitrogens with zero attached hydrogens (tertiary/aromatic N) is 2. The second-order valence-electron chi connectivity index (χ2n) is 6.48. The van der Waals surface area contributed by atoms with E-state index in [9.17, 15) is 13.2 Å². The molecule has 4 rings (SSSR count). The van der Waals surface area contributed by atoms with Crippen LogP contribution in [0.1, 0.15) is 23.3 Å². The Morgan fingerprint density at radius 1 is 1.18 bits per heavy atom. The third-order valence-electron chi connectivity index (χ3n) is 4.52. The summed E-state index contributed by atoms with van der Waals surface area (Å²) in [7, 11) is -3.77. The highest BCUT2D eigenvalue weighted by Gasteiger charge is 2.21. The first kappa shape index (κ1) is 18.8. The minimum atomic E-state index is -3.77. The Morgan fingerprint density at radius 3 is 2.68 bits per heavy atom. The summed E-state index contributed by atoms with van der Waals surface area (Å²) in [5.74, 6) is 0.0448. The van der Waals surface area contributed by atoms with E-state index in [-0.39, 0.29) is 17.4 Å². The molecule has 0 radical (unpaired) electrons. The summed E-state index contributed by atoms with van der Waals surface area (Å²) in [6.07, 6.45) is 5.77. The van der Waals surface area contributed by atoms with Gasteiger partial charge < -0.3 is 10.1 Å². The van der Waals surface area contributed by atoms with Gasteiger partial charge in [0.05, 0.1) is 10.3 Å². The molecule has 1 aliphatic rings. The second-order valence-corrected chi connectivity index (χ2v) is 9.12. The van der Waals surface area contributed by atoms with Gasteiger partial charge in [0.2, 0.25) is 15.9 Å². The molecule has 3 N–H and O–H groups in total. The third kappa shape index (κ3) is 3.84. The lowest BCUT2D eigenvalue weighted by molar-refractivity contribution is -0.118. The molecular formula is C18H18N4O4S2. The van der Waals surface area contributed by atoms with E-state index in [2.05, 4.69) is 15.3 Å². The summed E-state index contributed by atoms with van der Waals surface area (Å²) in [6, 6.07) is 5.60. The van der Waals surface area contributed by atoms with E-state index in [1.165, 1.54) is 47.5 Å². The number of benzene rings is 1. The summed E-state index contributed by atoms with van der Waals surface area (Å²) in [5, 5.41) is 8.62. The molecule has 10 heteroatoms. The highest BCUT2D eigenvalue weighted by Crippen LogP contribution is 2.38. The molecule has 1 amide bonds. The number of sulfonamides is 1. The summed E-state index contributed by atoms with van der Waals surface area (Å²) in [5.41, 5.74) is 1.68. The zero-order chi connectivity index (χ0) is 19.7. The zero-order valence-electron chi connectivity index (χ0n) is 14.8. The van der Waals surface area contributed by atoms with E-state index in [0.717, 1.165) is 29.5 Å². The number of aromatic nitrogens is 2. The van der Waals surface area contributed by atoms with E-state index in [0.29, 0.717) is 11.6 Å². The number of amides is 1. The SMILES string of the molecule is NS(=O)(=O)c1ccc(NC(=O)COc2ncnc3sc4c(c23)CCCC4)cc1. The number of carbonyl (C=O) groups excluding carboxylic acids is 1. The molecule has 28 heavy (non-hydrogen) atoms. The van der Waals surface area contributed by atoms with Crippen LogP contribution < -0.4 is 15.2 Å². The largest absolute Gasteiger partial charge is 0.467 e. The molecule has 0 saturated carbocycles. The number of anilines is 1. The van der Waals surface area contributed by atoms with E-state index < -0.39 is 10.0 Å². The predicted octanol–water partition coefficient (Wildman–Crippen LogP) is 2.24. The Labute approximate surface area is 165 Å². The fourth-order valence-electron chi connectivity index (χ4n) is 3.23. The number of hydrogen-bond acceptors (Lipinski definition) is 7. The summed E-state index contributed by atoms with van der Waals surface area (Å²) in [6.45, 7) is -0.215. The maximum atomic E-state index is 12.2. The molecule has 0 aliphatic heterocycles. The highest BCUT2D eigenvalue weighted by atomic mass is 32.2. The first-order chi connectivity index (χ1) is 13.4. The minimum absolute atomic E-state index is 0.0210. The van der Waals surface area contributed by atoms with Gasteiger partial charge in [0.1, 0.15) is 11.2 Å². The lowest BCUT2D eigenvalue weighted by atomic mass is 9.97. The van der Waals surface area contributed by atoms with Crippen molar-refractivity contribution in [1.29, 1.82) is 0 Å². The predicted molar refractivity (Wildman–Crippen MR) is 106 cm³/mol. The lowest BCUT2D eigenvalue weighted by Crippen LogP contribution is -2.20. The number of primary sulfonamides is 1. The first-order valence-electron chi connectivity index (χ1n) is 8.72. The molecule has 1 aliphatic carbocycles. The number of thiophene rings is 1. The maximum Gasteiger partial charge on any atom is 0.262 e. The average molecular weight is 419 g/mol. The molecule has 0 unspecified atom stereocenters. The zero-order valence-corrected chi connectivity index (χ0v) is 16.5. The molecule has 0 atom stereocenters. The van der Waals surface area contributed by atoms with Crippen LogP contribution in [-0.2, 0) is 27.7 Å². The van der Waals surface area contributed by atoms with E-state index in [1.54, 1.807) is 11.3 Å². The highest BCUT2D eigenvalue weighted by molar-refractivity contribution is 7.89. The quantitative estimate of drug-likeness (QED) is 0.655. The number of fused-ring (bicyclic) bond motifs is 3. The molecule has 1 aromatic carbocycles. The van der Waals surface area contributed by atoms with Crippen LogP contribution in [0, 0.1) is 0 Å². The Hall–Kier alpha value is -2.56. The number of ether oxygens (including phenoxy) is 1. The van der Waals surface area contributed by atoms with Crippen molar-refractivity contribution in [3.8, 4) is 5.88 Å². The summed E-state index contributed by atoms with van der Waals surface area (Å²) < 4.78 is 28.2.